The van der Waals surface area contributed by atoms with Gasteiger partial charge in [0.25, 0.3) is 0 Å². The number of aromatic nitrogens is 2. The summed E-state index contributed by atoms with van der Waals surface area (Å²) in [5.74, 6) is 0. The van der Waals surface area contributed by atoms with Crippen LogP contribution < -0.4 is 15.9 Å². The van der Waals surface area contributed by atoms with E-state index in [9.17, 15) is 0 Å². The maximum Gasteiger partial charge on any atom is 0.171 e. The molecule has 0 fully saturated rings. The number of hydrogen-bond acceptors (Lipinski definition) is 2. The van der Waals surface area contributed by atoms with E-state index in [1.165, 1.54) is 48.8 Å². The van der Waals surface area contributed by atoms with Crippen LogP contribution in [-0.4, -0.2) is 9.38 Å². The van der Waals surface area contributed by atoms with Crippen molar-refractivity contribution in [3.63, 3.8) is 0 Å². The van der Waals surface area contributed by atoms with Gasteiger partial charge in [0, 0.05) is 32.1 Å². The highest BCUT2D eigenvalue weighted by molar-refractivity contribution is 7.85. The first-order valence-corrected chi connectivity index (χ1v) is 24.6. The molecule has 67 heavy (non-hydrogen) atoms. The van der Waals surface area contributed by atoms with Crippen molar-refractivity contribution in [1.29, 1.82) is 0 Å². The van der Waals surface area contributed by atoms with Gasteiger partial charge in [0.1, 0.15) is 5.65 Å². The third-order valence-electron chi connectivity index (χ3n) is 14.2. The summed E-state index contributed by atoms with van der Waals surface area (Å²) in [6.45, 7) is 0. The molecule has 312 valence electrons. The summed E-state index contributed by atoms with van der Waals surface area (Å²) in [5, 5.41) is 17.7. The Bertz CT molecular complexity index is 4430. The first-order valence-electron chi connectivity index (χ1n) is 22.9. The number of hydrogen-bond donors (Lipinski definition) is 0. The summed E-state index contributed by atoms with van der Waals surface area (Å²) in [4.78, 5) is 5.34. The Balaban J connectivity index is 0.927. The Hall–Kier alpha value is -8.36. The first kappa shape index (κ1) is 38.0. The summed E-state index contributed by atoms with van der Waals surface area (Å²) < 4.78 is 18.0. The Morgan fingerprint density at radius 1 is 0.328 bits per heavy atom. The van der Waals surface area contributed by atoms with Crippen LogP contribution in [0.1, 0.15) is 0 Å². The third kappa shape index (κ3) is 5.78. The molecule has 0 N–H and O–H groups in total. The number of benzene rings is 12. The Morgan fingerprint density at radius 3 is 1.75 bits per heavy atom. The monoisotopic (exact) mass is 870 g/mol. The molecule has 14 rings (SSSR count). The van der Waals surface area contributed by atoms with Crippen molar-refractivity contribution < 1.29 is 4.57 Å². The van der Waals surface area contributed by atoms with Crippen molar-refractivity contribution in [1.82, 2.24) is 9.38 Å². The molecule has 1 unspecified atom stereocenters. The zero-order valence-electron chi connectivity index (χ0n) is 36.3. The molecule has 1 atom stereocenters. The normalized spacial score (nSPS) is 13.0. The molecule has 2 heterocycles. The van der Waals surface area contributed by atoms with Gasteiger partial charge in [-0.15, -0.1) is 0 Å². The van der Waals surface area contributed by atoms with Crippen LogP contribution in [0.2, 0.25) is 0 Å². The molecule has 14 aromatic rings. The number of imidazole rings is 1. The van der Waals surface area contributed by atoms with Crippen LogP contribution >= 0.6 is 7.14 Å². The van der Waals surface area contributed by atoms with Crippen molar-refractivity contribution in [2.45, 2.75) is 0 Å². The van der Waals surface area contributed by atoms with Crippen LogP contribution in [0.3, 0.4) is 0 Å². The second-order valence-electron chi connectivity index (χ2n) is 17.8. The molecule has 0 bridgehead atoms. The van der Waals surface area contributed by atoms with Gasteiger partial charge in [0.05, 0.1) is 16.6 Å². The molecule has 0 aliphatic heterocycles. The van der Waals surface area contributed by atoms with Gasteiger partial charge in [-0.2, -0.15) is 0 Å². The molecule has 0 radical (unpaired) electrons. The fourth-order valence-electron chi connectivity index (χ4n) is 10.9. The van der Waals surface area contributed by atoms with E-state index in [1.807, 2.05) is 48.5 Å². The number of rotatable bonds is 5. The van der Waals surface area contributed by atoms with Crippen molar-refractivity contribution in [2.75, 3.05) is 0 Å². The molecule has 0 saturated heterocycles. The lowest BCUT2D eigenvalue weighted by Gasteiger charge is -2.21. The van der Waals surface area contributed by atoms with Crippen molar-refractivity contribution >= 4 is 115 Å². The van der Waals surface area contributed by atoms with Crippen molar-refractivity contribution in [2.24, 2.45) is 0 Å². The van der Waals surface area contributed by atoms with Crippen LogP contribution in [0.5, 0.6) is 0 Å². The minimum absolute atomic E-state index is 0.831. The molecular formula is C63H39N2OP. The van der Waals surface area contributed by atoms with E-state index >= 15 is 4.57 Å². The Kier molecular flexibility index (Phi) is 8.26. The van der Waals surface area contributed by atoms with E-state index in [4.69, 9.17) is 4.98 Å². The smallest absolute Gasteiger partial charge is 0.171 e. The van der Waals surface area contributed by atoms with Gasteiger partial charge in [-0.05, 0) is 125 Å². The van der Waals surface area contributed by atoms with Crippen LogP contribution in [0, 0.1) is 0 Å². The molecule has 2 aromatic heterocycles. The number of fused-ring (bicyclic) bond motifs is 15. The molecule has 0 spiro atoms. The maximum absolute atomic E-state index is 15.7. The number of pyridine rings is 1. The third-order valence-corrected chi connectivity index (χ3v) is 17.2. The zero-order valence-corrected chi connectivity index (χ0v) is 37.2. The molecular weight excluding hydrogens is 832 g/mol. The van der Waals surface area contributed by atoms with Gasteiger partial charge in [0.2, 0.25) is 0 Å². The lowest BCUT2D eigenvalue weighted by Crippen LogP contribution is -2.25. The van der Waals surface area contributed by atoms with E-state index in [1.54, 1.807) is 0 Å². The van der Waals surface area contributed by atoms with Crippen LogP contribution in [0.15, 0.2) is 237 Å². The highest BCUT2D eigenvalue weighted by atomic mass is 31.2. The van der Waals surface area contributed by atoms with Crippen LogP contribution in [-0.2, 0) is 4.57 Å². The largest absolute Gasteiger partial charge is 0.309 e. The average Bonchev–Trinajstić information content (AvgIpc) is 3.79. The predicted molar refractivity (Wildman–Crippen MR) is 286 cm³/mol. The summed E-state index contributed by atoms with van der Waals surface area (Å²) in [6, 6.07) is 84.1. The molecule has 3 nitrogen and oxygen atoms in total. The molecule has 0 aliphatic rings. The Morgan fingerprint density at radius 2 is 0.910 bits per heavy atom. The van der Waals surface area contributed by atoms with Crippen LogP contribution in [0.4, 0.5) is 0 Å². The minimum atomic E-state index is -3.20. The van der Waals surface area contributed by atoms with Crippen molar-refractivity contribution in [3.8, 4) is 22.3 Å². The van der Waals surface area contributed by atoms with E-state index in [0.717, 1.165) is 81.6 Å². The second-order valence-corrected chi connectivity index (χ2v) is 20.6. The lowest BCUT2D eigenvalue weighted by atomic mass is 9.94. The average molecular weight is 871 g/mol. The van der Waals surface area contributed by atoms with E-state index < -0.39 is 7.14 Å². The number of nitrogens with zero attached hydrogens (tertiary/aromatic N) is 2. The second kappa shape index (κ2) is 14.6. The molecule has 12 aromatic carbocycles. The summed E-state index contributed by atoms with van der Waals surface area (Å²) in [7, 11) is -3.20. The topological polar surface area (TPSA) is 34.4 Å². The van der Waals surface area contributed by atoms with Gasteiger partial charge in [-0.25, -0.2) is 4.98 Å². The quantitative estimate of drug-likeness (QED) is 0.128. The molecule has 0 aliphatic carbocycles. The molecule has 0 saturated carbocycles. The van der Waals surface area contributed by atoms with E-state index in [2.05, 4.69) is 192 Å². The first-order chi connectivity index (χ1) is 33.1. The van der Waals surface area contributed by atoms with Gasteiger partial charge >= 0.3 is 0 Å². The Labute approximate surface area is 386 Å². The van der Waals surface area contributed by atoms with Crippen molar-refractivity contribution in [3.05, 3.63) is 237 Å². The SMILES string of the molecule is O=P(c1ccccc1)(c1ccc2ccccc2c1)c1ccc2c(ccc3cc(-c4ccc5c(c4)c4c6ccccc6ccc4c4nc6ccc(-c7cccc8ccccc78)cc6n54)ccc32)c1. The maximum atomic E-state index is 15.7. The van der Waals surface area contributed by atoms with Gasteiger partial charge in [-0.1, -0.05) is 188 Å². The van der Waals surface area contributed by atoms with E-state index in [0.29, 0.717) is 0 Å². The van der Waals surface area contributed by atoms with Gasteiger partial charge < -0.3 is 4.57 Å². The van der Waals surface area contributed by atoms with E-state index in [-0.39, 0.29) is 0 Å². The highest BCUT2D eigenvalue weighted by Crippen LogP contribution is 2.45. The van der Waals surface area contributed by atoms with Gasteiger partial charge in [-0.3, -0.25) is 4.40 Å². The van der Waals surface area contributed by atoms with Gasteiger partial charge in [0.15, 0.2) is 7.14 Å². The summed E-state index contributed by atoms with van der Waals surface area (Å²) >= 11 is 0. The summed E-state index contributed by atoms with van der Waals surface area (Å²) in [6.07, 6.45) is 0. The lowest BCUT2D eigenvalue weighted by molar-refractivity contribution is 0.592. The molecule has 4 heteroatoms. The minimum Gasteiger partial charge on any atom is -0.309 e. The standard InChI is InChI=1S/C63H39N2OP/c66-67(49-16-2-1-3-17-49,50-28-23-40-11-4-5-14-43(40)36-50)51-29-32-55-47(37-51)22-21-46-35-44(25-30-54(46)55)45-27-34-60-58(38-45)62-56-19-9-7-13-42(56)24-31-57(62)63-64-59-33-26-48(39-61(59)65(60)63)53-20-10-15-41-12-6-8-18-52(41)53/h1-39H. The fraction of sp³-hybridized carbons (Fsp3) is 0. The van der Waals surface area contributed by atoms with Crippen LogP contribution in [0.25, 0.3) is 114 Å². The predicted octanol–water partition coefficient (Wildman–Crippen LogP) is 15.5. The zero-order chi connectivity index (χ0) is 44.2. The summed E-state index contributed by atoms with van der Waals surface area (Å²) in [5.41, 5.74) is 8.83. The fourth-order valence-corrected chi connectivity index (χ4v) is 13.6. The molecule has 0 amide bonds. The highest BCUT2D eigenvalue weighted by Gasteiger charge is 2.30.